The summed E-state index contributed by atoms with van der Waals surface area (Å²) in [4.78, 5) is 11.8. The van der Waals surface area contributed by atoms with Gasteiger partial charge in [-0.2, -0.15) is 0 Å². The third-order valence-electron chi connectivity index (χ3n) is 1.70. The van der Waals surface area contributed by atoms with Gasteiger partial charge in [0.25, 0.3) is 0 Å². The van der Waals surface area contributed by atoms with E-state index >= 15 is 0 Å². The number of rotatable bonds is 2. The van der Waals surface area contributed by atoms with Crippen LogP contribution in [-0.2, 0) is 4.43 Å². The number of benzene rings is 1. The number of terminal acetylenes is 1. The molecular formula is C12H14O2Si. The molecule has 0 radical (unpaired) electrons. The zero-order valence-electron chi connectivity index (χ0n) is 9.20. The van der Waals surface area contributed by atoms with Gasteiger partial charge in [0.1, 0.15) is 0 Å². The molecule has 15 heavy (non-hydrogen) atoms. The fourth-order valence-corrected chi connectivity index (χ4v) is 1.79. The van der Waals surface area contributed by atoms with Gasteiger partial charge >= 0.3 is 5.97 Å². The minimum absolute atomic E-state index is 0.317. The quantitative estimate of drug-likeness (QED) is 0.563. The molecule has 0 atom stereocenters. The van der Waals surface area contributed by atoms with Gasteiger partial charge in [-0.15, -0.1) is 6.42 Å². The number of carbonyl (C=O) groups excluding carboxylic acids is 1. The standard InChI is InChI=1S/C12H14O2Si/c1-5-10-8-6-7-9-11(10)12(13)14-15(2,3)4/h1,6-9H,2-4H3. The second-order valence-corrected chi connectivity index (χ2v) is 8.62. The van der Waals surface area contributed by atoms with Gasteiger partial charge in [0.15, 0.2) is 0 Å². The predicted octanol–water partition coefficient (Wildman–Crippen LogP) is 2.66. The first-order valence-electron chi connectivity index (χ1n) is 4.73. The lowest BCUT2D eigenvalue weighted by molar-refractivity contribution is 0.0724. The summed E-state index contributed by atoms with van der Waals surface area (Å²) in [5.74, 6) is 2.16. The van der Waals surface area contributed by atoms with Crippen LogP contribution in [0.2, 0.25) is 19.6 Å². The molecule has 2 nitrogen and oxygen atoms in total. The van der Waals surface area contributed by atoms with E-state index < -0.39 is 8.32 Å². The van der Waals surface area contributed by atoms with Crippen LogP contribution in [0.1, 0.15) is 15.9 Å². The van der Waals surface area contributed by atoms with Crippen molar-refractivity contribution in [2.45, 2.75) is 19.6 Å². The van der Waals surface area contributed by atoms with Gasteiger partial charge in [0.05, 0.1) is 5.56 Å². The first-order valence-corrected chi connectivity index (χ1v) is 8.14. The third kappa shape index (κ3) is 3.26. The zero-order chi connectivity index (χ0) is 11.5. The van der Waals surface area contributed by atoms with Gasteiger partial charge in [-0.25, -0.2) is 4.79 Å². The summed E-state index contributed by atoms with van der Waals surface area (Å²) in [7, 11) is -1.86. The maximum atomic E-state index is 11.8. The monoisotopic (exact) mass is 218 g/mol. The molecule has 0 bridgehead atoms. The van der Waals surface area contributed by atoms with Crippen LogP contribution in [0.3, 0.4) is 0 Å². The fraction of sp³-hybridized carbons (Fsp3) is 0.250. The average molecular weight is 218 g/mol. The Hall–Kier alpha value is -1.53. The zero-order valence-corrected chi connectivity index (χ0v) is 10.2. The second-order valence-electron chi connectivity index (χ2n) is 4.19. The van der Waals surface area contributed by atoms with Crippen molar-refractivity contribution in [3.05, 3.63) is 35.4 Å². The molecule has 3 heteroatoms. The van der Waals surface area contributed by atoms with Gasteiger partial charge in [-0.3, -0.25) is 0 Å². The van der Waals surface area contributed by atoms with Crippen LogP contribution < -0.4 is 0 Å². The van der Waals surface area contributed by atoms with Crippen LogP contribution in [-0.4, -0.2) is 14.3 Å². The summed E-state index contributed by atoms with van der Waals surface area (Å²) >= 11 is 0. The Morgan fingerprint density at radius 3 is 2.47 bits per heavy atom. The maximum Gasteiger partial charge on any atom is 0.326 e. The molecule has 0 N–H and O–H groups in total. The van der Waals surface area contributed by atoms with E-state index in [2.05, 4.69) is 5.92 Å². The highest BCUT2D eigenvalue weighted by Crippen LogP contribution is 2.12. The summed E-state index contributed by atoms with van der Waals surface area (Å²) in [6.07, 6.45) is 5.31. The SMILES string of the molecule is C#Cc1ccccc1C(=O)O[Si](C)(C)C. The van der Waals surface area contributed by atoms with Crippen LogP contribution in [0.15, 0.2) is 24.3 Å². The summed E-state index contributed by atoms with van der Waals surface area (Å²) < 4.78 is 5.37. The van der Waals surface area contributed by atoms with Crippen molar-refractivity contribution in [3.8, 4) is 12.3 Å². The first-order chi connectivity index (χ1) is 6.94. The van der Waals surface area contributed by atoms with Crippen LogP contribution in [0, 0.1) is 12.3 Å². The second kappa shape index (κ2) is 4.33. The van der Waals surface area contributed by atoms with Gasteiger partial charge < -0.3 is 4.43 Å². The largest absolute Gasteiger partial charge is 0.516 e. The summed E-state index contributed by atoms with van der Waals surface area (Å²) in [6.45, 7) is 5.89. The normalized spacial score (nSPS) is 10.5. The van der Waals surface area contributed by atoms with E-state index in [1.807, 2.05) is 19.6 Å². The molecule has 0 fully saturated rings. The molecule has 0 aliphatic carbocycles. The Morgan fingerprint density at radius 1 is 1.33 bits per heavy atom. The predicted molar refractivity (Wildman–Crippen MR) is 63.1 cm³/mol. The van der Waals surface area contributed by atoms with E-state index in [-0.39, 0.29) is 5.97 Å². The van der Waals surface area contributed by atoms with E-state index in [9.17, 15) is 4.79 Å². The highest BCUT2D eigenvalue weighted by atomic mass is 28.4. The Bertz CT molecular complexity index is 410. The Morgan fingerprint density at radius 2 is 1.93 bits per heavy atom. The molecule has 1 rings (SSSR count). The highest BCUT2D eigenvalue weighted by Gasteiger charge is 2.22. The van der Waals surface area contributed by atoms with Crippen LogP contribution >= 0.6 is 0 Å². The molecule has 0 heterocycles. The third-order valence-corrected chi connectivity index (χ3v) is 2.50. The molecule has 78 valence electrons. The van der Waals surface area contributed by atoms with Crippen molar-refractivity contribution in [2.75, 3.05) is 0 Å². The van der Waals surface area contributed by atoms with E-state index in [0.717, 1.165) is 0 Å². The lowest BCUT2D eigenvalue weighted by Gasteiger charge is -2.17. The maximum absolute atomic E-state index is 11.8. The topological polar surface area (TPSA) is 26.3 Å². The fourth-order valence-electron chi connectivity index (χ4n) is 1.12. The number of hydrogen-bond acceptors (Lipinski definition) is 2. The average Bonchev–Trinajstić information content (AvgIpc) is 2.15. The van der Waals surface area contributed by atoms with Crippen molar-refractivity contribution in [2.24, 2.45) is 0 Å². The molecule has 0 aliphatic rings. The molecule has 0 spiro atoms. The lowest BCUT2D eigenvalue weighted by Crippen LogP contribution is -2.29. The first kappa shape index (κ1) is 11.5. The molecule has 1 aromatic rings. The molecule has 0 saturated carbocycles. The minimum Gasteiger partial charge on any atom is -0.516 e. The molecule has 0 aliphatic heterocycles. The molecular weight excluding hydrogens is 204 g/mol. The minimum atomic E-state index is -1.86. The van der Waals surface area contributed by atoms with E-state index in [0.29, 0.717) is 11.1 Å². The lowest BCUT2D eigenvalue weighted by atomic mass is 10.1. The number of carbonyl (C=O) groups is 1. The van der Waals surface area contributed by atoms with Crippen molar-refractivity contribution in [1.82, 2.24) is 0 Å². The van der Waals surface area contributed by atoms with Crippen LogP contribution in [0.5, 0.6) is 0 Å². The van der Waals surface area contributed by atoms with Crippen molar-refractivity contribution in [3.63, 3.8) is 0 Å². The van der Waals surface area contributed by atoms with E-state index in [1.54, 1.807) is 24.3 Å². The van der Waals surface area contributed by atoms with Gasteiger partial charge in [-0.05, 0) is 31.8 Å². The van der Waals surface area contributed by atoms with Gasteiger partial charge in [-0.1, -0.05) is 18.1 Å². The van der Waals surface area contributed by atoms with Crippen molar-refractivity contribution >= 4 is 14.3 Å². The Labute approximate surface area is 91.4 Å². The Kier molecular flexibility index (Phi) is 3.33. The summed E-state index contributed by atoms with van der Waals surface area (Å²) in [5.41, 5.74) is 1.06. The Balaban J connectivity index is 2.98. The summed E-state index contributed by atoms with van der Waals surface area (Å²) in [6, 6.07) is 7.01. The van der Waals surface area contributed by atoms with E-state index in [4.69, 9.17) is 10.8 Å². The highest BCUT2D eigenvalue weighted by molar-refractivity contribution is 6.71. The molecule has 0 saturated heterocycles. The number of hydrogen-bond donors (Lipinski definition) is 0. The van der Waals surface area contributed by atoms with Crippen molar-refractivity contribution in [1.29, 1.82) is 0 Å². The molecule has 0 amide bonds. The molecule has 0 aromatic heterocycles. The summed E-state index contributed by atoms with van der Waals surface area (Å²) in [5, 5.41) is 0. The van der Waals surface area contributed by atoms with Gasteiger partial charge in [0, 0.05) is 5.56 Å². The van der Waals surface area contributed by atoms with Crippen LogP contribution in [0.25, 0.3) is 0 Å². The van der Waals surface area contributed by atoms with Gasteiger partial charge in [0.2, 0.25) is 8.32 Å². The van der Waals surface area contributed by atoms with E-state index in [1.165, 1.54) is 0 Å². The smallest absolute Gasteiger partial charge is 0.326 e. The van der Waals surface area contributed by atoms with Crippen LogP contribution in [0.4, 0.5) is 0 Å². The molecule has 0 unspecified atom stereocenters. The molecule has 1 aromatic carbocycles. The van der Waals surface area contributed by atoms with Crippen molar-refractivity contribution < 1.29 is 9.22 Å².